The SMILES string of the molecule is CNc1nc(OC)c(C#N)c(-c2ccccc2)c1C#N. The lowest BCUT2D eigenvalue weighted by Crippen LogP contribution is -2.04. The van der Waals surface area contributed by atoms with E-state index in [2.05, 4.69) is 22.4 Å². The van der Waals surface area contributed by atoms with Crippen molar-refractivity contribution in [3.63, 3.8) is 0 Å². The molecule has 0 fully saturated rings. The first-order valence-corrected chi connectivity index (χ1v) is 5.92. The van der Waals surface area contributed by atoms with Crippen LogP contribution in [0.4, 0.5) is 5.82 Å². The number of aromatic nitrogens is 1. The first-order chi connectivity index (χ1) is 9.76. The Hall–Kier alpha value is -3.05. The van der Waals surface area contributed by atoms with Crippen molar-refractivity contribution in [2.75, 3.05) is 19.5 Å². The second kappa shape index (κ2) is 5.73. The van der Waals surface area contributed by atoms with Gasteiger partial charge in [-0.2, -0.15) is 15.5 Å². The molecular weight excluding hydrogens is 252 g/mol. The molecule has 0 radical (unpaired) electrons. The third kappa shape index (κ3) is 2.13. The molecule has 0 aliphatic carbocycles. The van der Waals surface area contributed by atoms with Crippen LogP contribution in [0.3, 0.4) is 0 Å². The van der Waals surface area contributed by atoms with E-state index in [-0.39, 0.29) is 11.4 Å². The Morgan fingerprint density at radius 3 is 2.25 bits per heavy atom. The van der Waals surface area contributed by atoms with Crippen molar-refractivity contribution in [2.24, 2.45) is 0 Å². The number of rotatable bonds is 3. The summed E-state index contributed by atoms with van der Waals surface area (Å²) in [5.74, 6) is 0.594. The number of hydrogen-bond acceptors (Lipinski definition) is 5. The van der Waals surface area contributed by atoms with E-state index in [9.17, 15) is 10.5 Å². The maximum Gasteiger partial charge on any atom is 0.234 e. The van der Waals surface area contributed by atoms with Crippen LogP contribution in [0.25, 0.3) is 11.1 Å². The first kappa shape index (κ1) is 13.4. The van der Waals surface area contributed by atoms with Crippen LogP contribution in [0.2, 0.25) is 0 Å². The maximum absolute atomic E-state index is 9.40. The number of nitriles is 2. The molecule has 1 aromatic heterocycles. The minimum absolute atomic E-state index is 0.203. The number of ether oxygens (including phenoxy) is 1. The number of hydrogen-bond donors (Lipinski definition) is 1. The van der Waals surface area contributed by atoms with Crippen molar-refractivity contribution >= 4 is 5.82 Å². The number of pyridine rings is 1. The summed E-state index contributed by atoms with van der Waals surface area (Å²) in [6, 6.07) is 13.4. The molecule has 2 aromatic rings. The van der Waals surface area contributed by atoms with Crippen molar-refractivity contribution in [3.05, 3.63) is 41.5 Å². The number of methoxy groups -OCH3 is 1. The van der Waals surface area contributed by atoms with E-state index in [1.54, 1.807) is 7.05 Å². The molecule has 0 saturated heterocycles. The molecule has 0 amide bonds. The highest BCUT2D eigenvalue weighted by atomic mass is 16.5. The van der Waals surface area contributed by atoms with Crippen LogP contribution in [0.15, 0.2) is 30.3 Å². The number of nitrogens with zero attached hydrogens (tertiary/aromatic N) is 3. The monoisotopic (exact) mass is 264 g/mol. The van der Waals surface area contributed by atoms with Gasteiger partial charge in [-0.05, 0) is 5.56 Å². The van der Waals surface area contributed by atoms with Crippen LogP contribution < -0.4 is 10.1 Å². The Labute approximate surface area is 117 Å². The van der Waals surface area contributed by atoms with Gasteiger partial charge in [0.05, 0.1) is 7.11 Å². The quantitative estimate of drug-likeness (QED) is 0.921. The molecule has 0 unspecified atom stereocenters. The number of benzene rings is 1. The molecule has 0 aliphatic heterocycles. The molecule has 0 atom stereocenters. The van der Waals surface area contributed by atoms with Gasteiger partial charge in [0.25, 0.3) is 0 Å². The predicted octanol–water partition coefficient (Wildman–Crippen LogP) is 2.54. The minimum atomic E-state index is 0.203. The highest BCUT2D eigenvalue weighted by Crippen LogP contribution is 2.35. The first-order valence-electron chi connectivity index (χ1n) is 5.92. The summed E-state index contributed by atoms with van der Waals surface area (Å²) in [4.78, 5) is 4.16. The molecule has 0 aliphatic rings. The molecule has 5 heteroatoms. The Morgan fingerprint density at radius 1 is 1.10 bits per heavy atom. The van der Waals surface area contributed by atoms with Crippen LogP contribution in [-0.4, -0.2) is 19.1 Å². The lowest BCUT2D eigenvalue weighted by molar-refractivity contribution is 0.397. The molecule has 1 heterocycles. The van der Waals surface area contributed by atoms with Crippen molar-refractivity contribution in [2.45, 2.75) is 0 Å². The van der Waals surface area contributed by atoms with Crippen LogP contribution in [-0.2, 0) is 0 Å². The zero-order chi connectivity index (χ0) is 14.5. The van der Waals surface area contributed by atoms with E-state index in [4.69, 9.17) is 4.74 Å². The fraction of sp³-hybridized carbons (Fsp3) is 0.133. The minimum Gasteiger partial charge on any atom is -0.480 e. The van der Waals surface area contributed by atoms with Gasteiger partial charge in [0.1, 0.15) is 29.1 Å². The molecule has 20 heavy (non-hydrogen) atoms. The van der Waals surface area contributed by atoms with Gasteiger partial charge in [0, 0.05) is 12.6 Å². The Kier molecular flexibility index (Phi) is 3.83. The lowest BCUT2D eigenvalue weighted by atomic mass is 9.96. The summed E-state index contributed by atoms with van der Waals surface area (Å²) in [6.07, 6.45) is 0. The molecule has 2 rings (SSSR count). The van der Waals surface area contributed by atoms with Crippen molar-refractivity contribution < 1.29 is 4.74 Å². The normalized spacial score (nSPS) is 9.40. The molecule has 0 saturated carbocycles. The van der Waals surface area contributed by atoms with Gasteiger partial charge in [-0.15, -0.1) is 0 Å². The fourth-order valence-corrected chi connectivity index (χ4v) is 2.00. The van der Waals surface area contributed by atoms with E-state index >= 15 is 0 Å². The average molecular weight is 264 g/mol. The fourth-order valence-electron chi connectivity index (χ4n) is 2.00. The Bertz CT molecular complexity index is 671. The standard InChI is InChI=1S/C15H12N4O/c1-18-14-11(8-16)13(10-6-4-3-5-7-10)12(9-17)15(19-14)20-2/h3-7H,1-2H3,(H,18,19). The molecule has 0 spiro atoms. The lowest BCUT2D eigenvalue weighted by Gasteiger charge is -2.13. The summed E-state index contributed by atoms with van der Waals surface area (Å²) in [5, 5.41) is 21.6. The molecule has 0 bridgehead atoms. The third-order valence-electron chi connectivity index (χ3n) is 2.88. The molecule has 98 valence electrons. The van der Waals surface area contributed by atoms with Gasteiger partial charge in [-0.25, -0.2) is 0 Å². The topological polar surface area (TPSA) is 81.7 Å². The van der Waals surface area contributed by atoms with Gasteiger partial charge in [-0.3, -0.25) is 0 Å². The van der Waals surface area contributed by atoms with Crippen LogP contribution in [0.5, 0.6) is 5.88 Å². The second-order valence-electron chi connectivity index (χ2n) is 3.93. The summed E-state index contributed by atoms with van der Waals surface area (Å²) in [7, 11) is 3.12. The Balaban J connectivity index is 2.89. The number of anilines is 1. The zero-order valence-corrected chi connectivity index (χ0v) is 11.1. The predicted molar refractivity (Wildman–Crippen MR) is 75.2 cm³/mol. The van der Waals surface area contributed by atoms with Crippen molar-refractivity contribution in [1.29, 1.82) is 10.5 Å². The molecule has 5 nitrogen and oxygen atoms in total. The highest BCUT2D eigenvalue weighted by Gasteiger charge is 2.21. The molecule has 1 N–H and O–H groups in total. The van der Waals surface area contributed by atoms with E-state index in [1.165, 1.54) is 7.11 Å². The van der Waals surface area contributed by atoms with E-state index < -0.39 is 0 Å². The summed E-state index contributed by atoms with van der Waals surface area (Å²) < 4.78 is 5.16. The number of nitrogens with one attached hydrogen (secondary N) is 1. The van der Waals surface area contributed by atoms with E-state index in [1.807, 2.05) is 30.3 Å². The summed E-state index contributed by atoms with van der Waals surface area (Å²) in [5.41, 5.74) is 1.90. The highest BCUT2D eigenvalue weighted by molar-refractivity contribution is 5.82. The van der Waals surface area contributed by atoms with Crippen LogP contribution >= 0.6 is 0 Å². The summed E-state index contributed by atoms with van der Waals surface area (Å²) >= 11 is 0. The van der Waals surface area contributed by atoms with Gasteiger partial charge in [0.15, 0.2) is 0 Å². The van der Waals surface area contributed by atoms with Crippen molar-refractivity contribution in [1.82, 2.24) is 4.98 Å². The van der Waals surface area contributed by atoms with E-state index in [0.717, 1.165) is 5.56 Å². The van der Waals surface area contributed by atoms with Crippen LogP contribution in [0, 0.1) is 22.7 Å². The average Bonchev–Trinajstić information content (AvgIpc) is 2.53. The second-order valence-corrected chi connectivity index (χ2v) is 3.93. The molecule has 1 aromatic carbocycles. The zero-order valence-electron chi connectivity index (χ0n) is 11.1. The largest absolute Gasteiger partial charge is 0.480 e. The smallest absolute Gasteiger partial charge is 0.234 e. The van der Waals surface area contributed by atoms with Crippen LogP contribution in [0.1, 0.15) is 11.1 Å². The van der Waals surface area contributed by atoms with Gasteiger partial charge in [-0.1, -0.05) is 30.3 Å². The Morgan fingerprint density at radius 2 is 1.75 bits per heavy atom. The summed E-state index contributed by atoms with van der Waals surface area (Å²) in [6.45, 7) is 0. The van der Waals surface area contributed by atoms with Gasteiger partial charge < -0.3 is 10.1 Å². The third-order valence-corrected chi connectivity index (χ3v) is 2.88. The van der Waals surface area contributed by atoms with Gasteiger partial charge in [0.2, 0.25) is 5.88 Å². The van der Waals surface area contributed by atoms with E-state index in [0.29, 0.717) is 16.9 Å². The maximum atomic E-state index is 9.40. The molecular formula is C15H12N4O. The van der Waals surface area contributed by atoms with Gasteiger partial charge >= 0.3 is 0 Å². The van der Waals surface area contributed by atoms with Crippen molar-refractivity contribution in [3.8, 4) is 29.1 Å².